The van der Waals surface area contributed by atoms with E-state index in [1.807, 2.05) is 20.8 Å². The highest BCUT2D eigenvalue weighted by Crippen LogP contribution is 2.15. The summed E-state index contributed by atoms with van der Waals surface area (Å²) in [6.45, 7) is 12.4. The number of H-pyrrole nitrogens is 1. The van der Waals surface area contributed by atoms with Crippen LogP contribution in [0, 0.1) is 19.8 Å². The van der Waals surface area contributed by atoms with Crippen LogP contribution in [0.1, 0.15) is 63.7 Å². The number of aromatic amines is 1. The van der Waals surface area contributed by atoms with E-state index in [1.54, 1.807) is 0 Å². The van der Waals surface area contributed by atoms with Gasteiger partial charge in [-0.25, -0.2) is 4.98 Å². The van der Waals surface area contributed by atoms with Crippen LogP contribution >= 0.6 is 0 Å². The Labute approximate surface area is 116 Å². The van der Waals surface area contributed by atoms with Gasteiger partial charge in [0, 0.05) is 17.8 Å². The van der Waals surface area contributed by atoms with Crippen LogP contribution in [0.15, 0.2) is 4.79 Å². The van der Waals surface area contributed by atoms with Crippen molar-refractivity contribution in [1.82, 2.24) is 15.3 Å². The first-order chi connectivity index (χ1) is 8.85. The van der Waals surface area contributed by atoms with Crippen LogP contribution in [0.3, 0.4) is 0 Å². The van der Waals surface area contributed by atoms with Gasteiger partial charge < -0.3 is 10.3 Å². The summed E-state index contributed by atoms with van der Waals surface area (Å²) in [6, 6.07) is 0.418. The first-order valence-corrected chi connectivity index (χ1v) is 7.18. The largest absolute Gasteiger partial charge is 0.310 e. The highest BCUT2D eigenvalue weighted by Gasteiger charge is 2.17. The average molecular weight is 265 g/mol. The first kappa shape index (κ1) is 15.9. The van der Waals surface area contributed by atoms with Gasteiger partial charge in [0.05, 0.1) is 5.56 Å². The molecule has 0 aliphatic heterocycles. The Morgan fingerprint density at radius 2 is 1.89 bits per heavy atom. The van der Waals surface area contributed by atoms with Crippen LogP contribution in [-0.4, -0.2) is 16.0 Å². The van der Waals surface area contributed by atoms with E-state index in [9.17, 15) is 4.79 Å². The maximum atomic E-state index is 12.0. The SMILES string of the molecule is CCC(C)CC(C)NC(C)c1c(C)nc(C)[nH]c1=O. The van der Waals surface area contributed by atoms with Crippen molar-refractivity contribution in [3.63, 3.8) is 0 Å². The summed E-state index contributed by atoms with van der Waals surface area (Å²) in [5.41, 5.74) is 1.54. The van der Waals surface area contributed by atoms with Crippen molar-refractivity contribution in [2.75, 3.05) is 0 Å². The normalized spacial score (nSPS) is 16.1. The minimum absolute atomic E-state index is 0.0240. The molecule has 1 aromatic rings. The highest BCUT2D eigenvalue weighted by molar-refractivity contribution is 5.20. The lowest BCUT2D eigenvalue weighted by atomic mass is 9.99. The minimum atomic E-state index is -0.0271. The summed E-state index contributed by atoms with van der Waals surface area (Å²) in [5, 5.41) is 3.50. The highest BCUT2D eigenvalue weighted by atomic mass is 16.1. The van der Waals surface area contributed by atoms with E-state index < -0.39 is 0 Å². The lowest BCUT2D eigenvalue weighted by Crippen LogP contribution is -2.34. The van der Waals surface area contributed by atoms with Crippen LogP contribution in [0.25, 0.3) is 0 Å². The number of nitrogens with one attached hydrogen (secondary N) is 2. The number of aryl methyl sites for hydroxylation is 2. The van der Waals surface area contributed by atoms with Crippen molar-refractivity contribution < 1.29 is 0 Å². The van der Waals surface area contributed by atoms with E-state index in [2.05, 4.69) is 36.1 Å². The second kappa shape index (κ2) is 6.85. The van der Waals surface area contributed by atoms with Gasteiger partial charge >= 0.3 is 0 Å². The fourth-order valence-electron chi connectivity index (χ4n) is 2.59. The van der Waals surface area contributed by atoms with Crippen molar-refractivity contribution in [2.24, 2.45) is 5.92 Å². The maximum Gasteiger partial charge on any atom is 0.255 e. The van der Waals surface area contributed by atoms with Crippen molar-refractivity contribution in [1.29, 1.82) is 0 Å². The molecule has 0 amide bonds. The lowest BCUT2D eigenvalue weighted by Gasteiger charge is -2.23. The molecule has 4 nitrogen and oxygen atoms in total. The second-order valence-electron chi connectivity index (χ2n) is 5.69. The van der Waals surface area contributed by atoms with E-state index in [0.29, 0.717) is 17.8 Å². The molecule has 2 N–H and O–H groups in total. The first-order valence-electron chi connectivity index (χ1n) is 7.18. The molecule has 0 saturated carbocycles. The second-order valence-corrected chi connectivity index (χ2v) is 5.69. The molecular weight excluding hydrogens is 238 g/mol. The molecular formula is C15H27N3O. The van der Waals surface area contributed by atoms with E-state index in [0.717, 1.165) is 17.7 Å². The third-order valence-electron chi connectivity index (χ3n) is 3.68. The molecule has 0 aliphatic rings. The molecule has 0 saturated heterocycles. The quantitative estimate of drug-likeness (QED) is 0.831. The monoisotopic (exact) mass is 265 g/mol. The Bertz CT molecular complexity index is 467. The Balaban J connectivity index is 2.79. The summed E-state index contributed by atoms with van der Waals surface area (Å²) in [5.74, 6) is 1.37. The van der Waals surface area contributed by atoms with Crippen molar-refractivity contribution in [2.45, 2.75) is 66.5 Å². The lowest BCUT2D eigenvalue weighted by molar-refractivity contribution is 0.383. The Kier molecular flexibility index (Phi) is 5.73. The number of hydrogen-bond acceptors (Lipinski definition) is 3. The molecule has 1 heterocycles. The predicted molar refractivity (Wildman–Crippen MR) is 79.4 cm³/mol. The molecule has 0 spiro atoms. The third-order valence-corrected chi connectivity index (χ3v) is 3.68. The summed E-state index contributed by atoms with van der Waals surface area (Å²) in [6.07, 6.45) is 2.31. The smallest absolute Gasteiger partial charge is 0.255 e. The van der Waals surface area contributed by atoms with Gasteiger partial charge in [0.15, 0.2) is 0 Å². The average Bonchev–Trinajstić information content (AvgIpc) is 2.26. The van der Waals surface area contributed by atoms with Gasteiger partial charge in [0.2, 0.25) is 0 Å². The van der Waals surface area contributed by atoms with E-state index in [4.69, 9.17) is 0 Å². The molecule has 1 rings (SSSR count). The predicted octanol–water partition coefficient (Wildman–Crippen LogP) is 2.86. The van der Waals surface area contributed by atoms with E-state index in [1.165, 1.54) is 6.42 Å². The molecule has 1 aromatic heterocycles. The van der Waals surface area contributed by atoms with Crippen molar-refractivity contribution >= 4 is 0 Å². The van der Waals surface area contributed by atoms with Crippen molar-refractivity contribution in [3.8, 4) is 0 Å². The Morgan fingerprint density at radius 1 is 1.26 bits per heavy atom. The van der Waals surface area contributed by atoms with Gasteiger partial charge in [-0.1, -0.05) is 20.3 Å². The van der Waals surface area contributed by atoms with E-state index >= 15 is 0 Å². The number of rotatable bonds is 6. The minimum Gasteiger partial charge on any atom is -0.310 e. The van der Waals surface area contributed by atoms with Crippen LogP contribution in [-0.2, 0) is 0 Å². The molecule has 19 heavy (non-hydrogen) atoms. The van der Waals surface area contributed by atoms with Gasteiger partial charge in [-0.2, -0.15) is 0 Å². The molecule has 3 unspecified atom stereocenters. The number of hydrogen-bond donors (Lipinski definition) is 2. The van der Waals surface area contributed by atoms with Gasteiger partial charge in [-0.3, -0.25) is 4.79 Å². The fraction of sp³-hybridized carbons (Fsp3) is 0.733. The summed E-state index contributed by atoms with van der Waals surface area (Å²) in [7, 11) is 0. The van der Waals surface area contributed by atoms with E-state index in [-0.39, 0.29) is 11.6 Å². The van der Waals surface area contributed by atoms with Crippen LogP contribution in [0.4, 0.5) is 0 Å². The van der Waals surface area contributed by atoms with Crippen LogP contribution in [0.2, 0.25) is 0 Å². The maximum absolute atomic E-state index is 12.0. The van der Waals surface area contributed by atoms with Gasteiger partial charge in [-0.15, -0.1) is 0 Å². The Morgan fingerprint density at radius 3 is 2.42 bits per heavy atom. The summed E-state index contributed by atoms with van der Waals surface area (Å²) >= 11 is 0. The molecule has 108 valence electrons. The number of aromatic nitrogens is 2. The molecule has 4 heteroatoms. The standard InChI is InChI=1S/C15H27N3O/c1-7-9(2)8-10(3)16-11(4)14-12(5)17-13(6)18-15(14)19/h9-11,16H,7-8H2,1-6H3,(H,17,18,19). The zero-order valence-corrected chi connectivity index (χ0v) is 13.0. The topological polar surface area (TPSA) is 57.8 Å². The molecule has 0 fully saturated rings. The van der Waals surface area contributed by atoms with Crippen LogP contribution < -0.4 is 10.9 Å². The van der Waals surface area contributed by atoms with Gasteiger partial charge in [0.1, 0.15) is 5.82 Å². The fourth-order valence-corrected chi connectivity index (χ4v) is 2.59. The Hall–Kier alpha value is -1.16. The van der Waals surface area contributed by atoms with Crippen molar-refractivity contribution in [3.05, 3.63) is 27.4 Å². The third kappa shape index (κ3) is 4.46. The molecule has 0 radical (unpaired) electrons. The molecule has 0 bridgehead atoms. The van der Waals surface area contributed by atoms with Crippen LogP contribution in [0.5, 0.6) is 0 Å². The molecule has 0 aromatic carbocycles. The van der Waals surface area contributed by atoms with Gasteiger partial charge in [-0.05, 0) is 40.0 Å². The van der Waals surface area contributed by atoms with Gasteiger partial charge in [0.25, 0.3) is 5.56 Å². The molecule has 3 atom stereocenters. The molecule has 0 aliphatic carbocycles. The summed E-state index contributed by atoms with van der Waals surface area (Å²) < 4.78 is 0. The zero-order valence-electron chi connectivity index (χ0n) is 13.0. The zero-order chi connectivity index (χ0) is 14.6. The summed E-state index contributed by atoms with van der Waals surface area (Å²) in [4.78, 5) is 19.1. The number of nitrogens with zero attached hydrogens (tertiary/aromatic N) is 1.